The molecular weight excluding hydrogens is 420 g/mol. The van der Waals surface area contributed by atoms with Crippen LogP contribution in [0.15, 0.2) is 68.8 Å². The lowest BCUT2D eigenvalue weighted by Crippen LogP contribution is -2.60. The molecule has 0 saturated heterocycles. The molecule has 5 rings (SSSR count). The minimum atomic E-state index is -2.50. The number of hydrogen-bond acceptors (Lipinski definition) is 3. The molecule has 1 aromatic heterocycles. The number of alkyl halides is 2. The molecule has 32 heavy (non-hydrogen) atoms. The van der Waals surface area contributed by atoms with Crippen LogP contribution in [0.3, 0.4) is 0 Å². The van der Waals surface area contributed by atoms with E-state index in [9.17, 15) is 0 Å². The number of H-pyrrole nitrogens is 1. The quantitative estimate of drug-likeness (QED) is 0.469. The summed E-state index contributed by atoms with van der Waals surface area (Å²) in [4.78, 5) is 11.8. The first kappa shape index (κ1) is 20.9. The largest absolute Gasteiger partial charge is 0.355 e. The van der Waals surface area contributed by atoms with Crippen LogP contribution in [0.25, 0.3) is 12.2 Å². The molecule has 0 saturated carbocycles. The van der Waals surface area contributed by atoms with E-state index in [1.165, 1.54) is 27.7 Å². The van der Waals surface area contributed by atoms with Crippen LogP contribution < -0.4 is 16.0 Å². The van der Waals surface area contributed by atoms with Crippen molar-refractivity contribution in [3.63, 3.8) is 0 Å². The number of hydrogen-bond donors (Lipinski definition) is 2. The molecule has 0 spiro atoms. The second kappa shape index (κ2) is 6.51. The van der Waals surface area contributed by atoms with Gasteiger partial charge in [0.05, 0.1) is 17.1 Å². The van der Waals surface area contributed by atoms with E-state index in [1.54, 1.807) is 30.4 Å². The lowest BCUT2D eigenvalue weighted by Gasteiger charge is -2.38. The molecule has 4 nitrogen and oxygen atoms in total. The van der Waals surface area contributed by atoms with Gasteiger partial charge in [0.15, 0.2) is 6.17 Å². The average molecular weight is 442 g/mol. The number of nitrogens with zero attached hydrogens (tertiary/aromatic N) is 2. The van der Waals surface area contributed by atoms with Crippen LogP contribution in [0, 0.1) is 0 Å². The molecule has 8 bridgehead atoms. The molecule has 0 fully saturated rings. The number of nitrogens with one attached hydrogen (secondary N) is 2. The fourth-order valence-electron chi connectivity index (χ4n) is 4.80. The van der Waals surface area contributed by atoms with Crippen molar-refractivity contribution in [3.05, 3.63) is 69.6 Å². The first-order valence-electron chi connectivity index (χ1n) is 10.3. The maximum Gasteiger partial charge on any atom is 0.207 e. The van der Waals surface area contributed by atoms with E-state index in [0.717, 1.165) is 11.4 Å². The van der Waals surface area contributed by atoms with Crippen LogP contribution in [-0.4, -0.2) is 39.4 Å². The summed E-state index contributed by atoms with van der Waals surface area (Å²) in [7, 11) is 0. The Bertz CT molecular complexity index is 1360. The van der Waals surface area contributed by atoms with Gasteiger partial charge in [0.1, 0.15) is 22.7 Å². The van der Waals surface area contributed by atoms with Gasteiger partial charge >= 0.3 is 0 Å². The lowest BCUT2D eigenvalue weighted by atomic mass is 9.81. The maximum absolute atomic E-state index is 16.0. The number of aliphatic imine (C=N–C) groups is 2. The predicted molar refractivity (Wildman–Crippen MR) is 117 cm³/mol. The SMILES string of the molecule is CC1=C(F)C2(C)N=C1/C=c1/cc/c([nH]1)=C/C1=NC(=C\C3(F)NC(C)(C(F)=C3C)C2F)/C=C1. The van der Waals surface area contributed by atoms with Crippen molar-refractivity contribution in [2.45, 2.75) is 50.7 Å². The summed E-state index contributed by atoms with van der Waals surface area (Å²) in [6.45, 7) is 5.20. The third-order valence-electron chi connectivity index (χ3n) is 6.64. The molecular formula is C24H22F4N4. The van der Waals surface area contributed by atoms with Crippen LogP contribution in [0.2, 0.25) is 0 Å². The standard InChI is InChI=1S/C24H22F4N4/c1-12-18-10-16-6-5-14(29-16)9-15-7-8-17(30-15)11-24(28)13(2)20(26)23(4,32-24)21(27)22(3,31-18)19(12)25/h5-11,21,29,32H,1-4H3/b14-9-,16-10-,17-11-. The van der Waals surface area contributed by atoms with Gasteiger partial charge in [0, 0.05) is 21.8 Å². The van der Waals surface area contributed by atoms with Crippen LogP contribution in [0.5, 0.6) is 0 Å². The van der Waals surface area contributed by atoms with Crippen molar-refractivity contribution in [1.29, 1.82) is 0 Å². The molecule has 5 heterocycles. The molecule has 4 aliphatic heterocycles. The molecule has 0 amide bonds. The Hall–Kier alpha value is -3.00. The third-order valence-corrected chi connectivity index (χ3v) is 6.64. The smallest absolute Gasteiger partial charge is 0.207 e. The number of rotatable bonds is 0. The zero-order chi connectivity index (χ0) is 23.1. The molecule has 8 heteroatoms. The van der Waals surface area contributed by atoms with E-state index in [2.05, 4.69) is 20.3 Å². The second-order valence-electron chi connectivity index (χ2n) is 9.02. The first-order chi connectivity index (χ1) is 15.0. The molecule has 4 unspecified atom stereocenters. The van der Waals surface area contributed by atoms with Crippen molar-refractivity contribution >= 4 is 23.6 Å². The number of aromatic amines is 1. The van der Waals surface area contributed by atoms with E-state index < -0.39 is 34.7 Å². The molecule has 2 N–H and O–H groups in total. The van der Waals surface area contributed by atoms with Gasteiger partial charge in [-0.25, -0.2) is 22.6 Å². The van der Waals surface area contributed by atoms with E-state index in [4.69, 9.17) is 0 Å². The number of fused-ring (bicyclic) bond motifs is 6. The van der Waals surface area contributed by atoms with E-state index in [1.807, 2.05) is 6.07 Å². The van der Waals surface area contributed by atoms with Gasteiger partial charge in [-0.1, -0.05) is 0 Å². The van der Waals surface area contributed by atoms with Crippen LogP contribution in [0.4, 0.5) is 17.6 Å². The van der Waals surface area contributed by atoms with Gasteiger partial charge in [0.2, 0.25) is 5.79 Å². The molecule has 166 valence electrons. The highest BCUT2D eigenvalue weighted by Gasteiger charge is 2.61. The van der Waals surface area contributed by atoms with Gasteiger partial charge in [-0.15, -0.1) is 0 Å². The fourth-order valence-corrected chi connectivity index (χ4v) is 4.80. The molecule has 0 aromatic carbocycles. The second-order valence-corrected chi connectivity index (χ2v) is 9.02. The monoisotopic (exact) mass is 442 g/mol. The first-order valence-corrected chi connectivity index (χ1v) is 10.3. The van der Waals surface area contributed by atoms with E-state index >= 15 is 17.6 Å². The highest BCUT2D eigenvalue weighted by Crippen LogP contribution is 2.49. The Kier molecular flexibility index (Phi) is 4.25. The molecule has 4 aliphatic rings. The minimum absolute atomic E-state index is 0.155. The summed E-state index contributed by atoms with van der Waals surface area (Å²) in [6.07, 6.45) is 5.54. The highest BCUT2D eigenvalue weighted by molar-refractivity contribution is 6.22. The zero-order valence-corrected chi connectivity index (χ0v) is 18.0. The Morgan fingerprint density at radius 3 is 2.41 bits per heavy atom. The average Bonchev–Trinajstić information content (AvgIpc) is 3.45. The van der Waals surface area contributed by atoms with Gasteiger partial charge in [-0.2, -0.15) is 0 Å². The van der Waals surface area contributed by atoms with E-state index in [-0.39, 0.29) is 22.6 Å². The summed E-state index contributed by atoms with van der Waals surface area (Å²) < 4.78 is 62.7. The summed E-state index contributed by atoms with van der Waals surface area (Å²) in [5, 5.41) is 3.81. The van der Waals surface area contributed by atoms with E-state index in [0.29, 0.717) is 11.1 Å². The minimum Gasteiger partial charge on any atom is -0.355 e. The molecule has 4 atom stereocenters. The Morgan fingerprint density at radius 1 is 1.00 bits per heavy atom. The summed E-state index contributed by atoms with van der Waals surface area (Å²) >= 11 is 0. The summed E-state index contributed by atoms with van der Waals surface area (Å²) in [5.74, 6) is -4.32. The Labute approximate surface area is 182 Å². The van der Waals surface area contributed by atoms with Crippen molar-refractivity contribution in [1.82, 2.24) is 10.3 Å². The highest BCUT2D eigenvalue weighted by atomic mass is 19.2. The normalized spacial score (nSPS) is 39.9. The third kappa shape index (κ3) is 2.78. The zero-order valence-electron chi connectivity index (χ0n) is 18.0. The Balaban J connectivity index is 1.79. The molecule has 0 radical (unpaired) electrons. The summed E-state index contributed by atoms with van der Waals surface area (Å²) in [5.41, 5.74) is -3.27. The van der Waals surface area contributed by atoms with Crippen molar-refractivity contribution in [2.75, 3.05) is 0 Å². The fraction of sp³-hybridized carbons (Fsp3) is 0.333. The van der Waals surface area contributed by atoms with Crippen LogP contribution in [0.1, 0.15) is 27.7 Å². The number of allylic oxidation sites excluding steroid dienone is 3. The summed E-state index contributed by atoms with van der Waals surface area (Å²) in [6, 6.07) is 3.59. The molecule has 1 aromatic rings. The van der Waals surface area contributed by atoms with Gasteiger partial charge < -0.3 is 4.98 Å². The van der Waals surface area contributed by atoms with Gasteiger partial charge in [0.25, 0.3) is 0 Å². The van der Waals surface area contributed by atoms with Crippen LogP contribution in [-0.2, 0) is 0 Å². The number of halogens is 4. The van der Waals surface area contributed by atoms with Gasteiger partial charge in [-0.3, -0.25) is 10.3 Å². The van der Waals surface area contributed by atoms with Crippen LogP contribution >= 0.6 is 0 Å². The topological polar surface area (TPSA) is 52.5 Å². The van der Waals surface area contributed by atoms with Crippen molar-refractivity contribution in [2.24, 2.45) is 9.98 Å². The Morgan fingerprint density at radius 2 is 1.69 bits per heavy atom. The predicted octanol–water partition coefficient (Wildman–Crippen LogP) is 3.55. The van der Waals surface area contributed by atoms with Crippen molar-refractivity contribution < 1.29 is 17.6 Å². The van der Waals surface area contributed by atoms with Crippen molar-refractivity contribution in [3.8, 4) is 0 Å². The van der Waals surface area contributed by atoms with Gasteiger partial charge in [-0.05, 0) is 70.2 Å². The number of aromatic nitrogens is 1. The lowest BCUT2D eigenvalue weighted by molar-refractivity contribution is 0.0821. The molecule has 0 aliphatic carbocycles. The maximum atomic E-state index is 16.0.